The summed E-state index contributed by atoms with van der Waals surface area (Å²) in [6, 6.07) is 6.10. The Morgan fingerprint density at radius 3 is 2.31 bits per heavy atom. The summed E-state index contributed by atoms with van der Waals surface area (Å²) < 4.78 is 31.5. The molecule has 0 amide bonds. The molecule has 0 bridgehead atoms. The summed E-state index contributed by atoms with van der Waals surface area (Å²) >= 11 is 0. The Bertz CT molecular complexity index is 477. The molecule has 0 spiro atoms. The maximum absolute atomic E-state index is 11.9. The number of nitrogen functional groups attached to an aromatic ring is 1. The molecule has 3 N–H and O–H groups in total. The number of nitrogens with two attached hydrogens (primary N) is 1. The first-order valence-electron chi connectivity index (χ1n) is 4.89. The topological polar surface area (TPSA) is 81.4 Å². The van der Waals surface area contributed by atoms with Gasteiger partial charge in [0.05, 0.1) is 23.6 Å². The molecule has 0 aromatic heterocycles. The third-order valence-corrected chi connectivity index (χ3v) is 4.07. The summed E-state index contributed by atoms with van der Waals surface area (Å²) in [7, 11) is -3.48. The molecule has 16 heavy (non-hydrogen) atoms. The zero-order valence-electron chi connectivity index (χ0n) is 8.93. The number of ether oxygens (including phenoxy) is 1. The number of rotatable bonds is 3. The van der Waals surface area contributed by atoms with Crippen molar-refractivity contribution in [2.75, 3.05) is 18.9 Å². The zero-order valence-corrected chi connectivity index (χ0v) is 9.75. The summed E-state index contributed by atoms with van der Waals surface area (Å²) in [5.41, 5.74) is 5.55. The molecular formula is C10H14N2O3S. The fraction of sp³-hybridized carbons (Fsp3) is 0.400. The maximum atomic E-state index is 11.9. The molecule has 6 heteroatoms. The number of sulfonamides is 1. The summed E-state index contributed by atoms with van der Waals surface area (Å²) in [6.45, 7) is 2.62. The van der Waals surface area contributed by atoms with Gasteiger partial charge < -0.3 is 10.5 Å². The molecular weight excluding hydrogens is 228 g/mol. The molecule has 1 saturated heterocycles. The van der Waals surface area contributed by atoms with Crippen molar-refractivity contribution in [3.8, 4) is 0 Å². The van der Waals surface area contributed by atoms with Gasteiger partial charge in [-0.3, -0.25) is 0 Å². The van der Waals surface area contributed by atoms with Gasteiger partial charge in [-0.25, -0.2) is 13.1 Å². The Morgan fingerprint density at radius 2 is 1.88 bits per heavy atom. The van der Waals surface area contributed by atoms with Crippen molar-refractivity contribution < 1.29 is 13.2 Å². The van der Waals surface area contributed by atoms with E-state index in [4.69, 9.17) is 10.5 Å². The highest BCUT2D eigenvalue weighted by Crippen LogP contribution is 2.20. The van der Waals surface area contributed by atoms with E-state index >= 15 is 0 Å². The molecule has 1 aliphatic rings. The second-order valence-corrected chi connectivity index (χ2v) is 5.91. The smallest absolute Gasteiger partial charge is 0.241 e. The van der Waals surface area contributed by atoms with Crippen molar-refractivity contribution in [1.29, 1.82) is 0 Å². The molecule has 1 aromatic carbocycles. The summed E-state index contributed by atoms with van der Waals surface area (Å²) in [5, 5.41) is 0. The van der Waals surface area contributed by atoms with E-state index in [0.717, 1.165) is 0 Å². The molecule has 1 aromatic rings. The highest BCUT2D eigenvalue weighted by molar-refractivity contribution is 7.89. The average molecular weight is 242 g/mol. The highest BCUT2D eigenvalue weighted by Gasteiger charge is 2.37. The molecule has 2 rings (SSSR count). The molecule has 5 nitrogen and oxygen atoms in total. The van der Waals surface area contributed by atoms with E-state index < -0.39 is 15.6 Å². The van der Waals surface area contributed by atoms with E-state index in [0.29, 0.717) is 18.9 Å². The van der Waals surface area contributed by atoms with Crippen molar-refractivity contribution in [3.63, 3.8) is 0 Å². The SMILES string of the molecule is CC1(NS(=O)(=O)c2ccc(N)cc2)COC1. The standard InChI is InChI=1S/C10H14N2O3S/c1-10(6-15-7-10)12-16(13,14)9-4-2-8(11)3-5-9/h2-5,12H,6-7,11H2,1H3. The van der Waals surface area contributed by atoms with Crippen LogP contribution < -0.4 is 10.5 Å². The molecule has 1 fully saturated rings. The second kappa shape index (κ2) is 3.73. The number of hydrogen-bond donors (Lipinski definition) is 2. The Labute approximate surface area is 94.6 Å². The number of anilines is 1. The predicted molar refractivity (Wildman–Crippen MR) is 60.4 cm³/mol. The monoisotopic (exact) mass is 242 g/mol. The van der Waals surface area contributed by atoms with Gasteiger partial charge in [0.2, 0.25) is 10.0 Å². The first-order valence-corrected chi connectivity index (χ1v) is 6.37. The Balaban J connectivity index is 2.22. The van der Waals surface area contributed by atoms with Gasteiger partial charge in [0.25, 0.3) is 0 Å². The minimum Gasteiger partial charge on any atom is -0.399 e. The lowest BCUT2D eigenvalue weighted by molar-refractivity contribution is -0.0523. The van der Waals surface area contributed by atoms with E-state index in [9.17, 15) is 8.42 Å². The lowest BCUT2D eigenvalue weighted by Crippen LogP contribution is -2.59. The van der Waals surface area contributed by atoms with Gasteiger partial charge in [0.1, 0.15) is 0 Å². The van der Waals surface area contributed by atoms with Crippen LogP contribution in [0.15, 0.2) is 29.2 Å². The van der Waals surface area contributed by atoms with Crippen LogP contribution in [0, 0.1) is 0 Å². The van der Waals surface area contributed by atoms with Crippen molar-refractivity contribution in [1.82, 2.24) is 4.72 Å². The first-order chi connectivity index (χ1) is 7.41. The van der Waals surface area contributed by atoms with Gasteiger partial charge in [0.15, 0.2) is 0 Å². The van der Waals surface area contributed by atoms with E-state index in [-0.39, 0.29) is 4.90 Å². The molecule has 0 aliphatic carbocycles. The molecule has 0 atom stereocenters. The van der Waals surface area contributed by atoms with Gasteiger partial charge in [-0.05, 0) is 31.2 Å². The molecule has 0 radical (unpaired) electrons. The van der Waals surface area contributed by atoms with Crippen LogP contribution in [-0.4, -0.2) is 27.2 Å². The summed E-state index contributed by atoms with van der Waals surface area (Å²) in [5.74, 6) is 0. The van der Waals surface area contributed by atoms with Crippen LogP contribution in [0.3, 0.4) is 0 Å². The summed E-state index contributed by atoms with van der Waals surface area (Å²) in [6.07, 6.45) is 0. The lowest BCUT2D eigenvalue weighted by atomic mass is 10.0. The van der Waals surface area contributed by atoms with Crippen molar-refractivity contribution in [2.45, 2.75) is 17.4 Å². The third-order valence-electron chi connectivity index (χ3n) is 2.41. The summed E-state index contributed by atoms with van der Waals surface area (Å²) in [4.78, 5) is 0.217. The Hall–Kier alpha value is -1.11. The van der Waals surface area contributed by atoms with Gasteiger partial charge in [-0.15, -0.1) is 0 Å². The van der Waals surface area contributed by atoms with Crippen LogP contribution in [0.2, 0.25) is 0 Å². The van der Waals surface area contributed by atoms with Gasteiger partial charge in [-0.2, -0.15) is 0 Å². The van der Waals surface area contributed by atoms with Crippen LogP contribution in [0.5, 0.6) is 0 Å². The minimum atomic E-state index is -3.48. The van der Waals surface area contributed by atoms with Gasteiger partial charge >= 0.3 is 0 Å². The zero-order chi connectivity index (χ0) is 11.8. The van der Waals surface area contributed by atoms with Gasteiger partial charge in [0, 0.05) is 5.69 Å². The largest absolute Gasteiger partial charge is 0.399 e. The van der Waals surface area contributed by atoms with E-state index in [1.807, 2.05) is 6.92 Å². The van der Waals surface area contributed by atoms with Crippen LogP contribution in [-0.2, 0) is 14.8 Å². The van der Waals surface area contributed by atoms with Gasteiger partial charge in [-0.1, -0.05) is 0 Å². The van der Waals surface area contributed by atoms with E-state index in [2.05, 4.69) is 4.72 Å². The van der Waals surface area contributed by atoms with E-state index in [1.54, 1.807) is 12.1 Å². The first kappa shape index (κ1) is 11.4. The van der Waals surface area contributed by atoms with Crippen molar-refractivity contribution in [3.05, 3.63) is 24.3 Å². The fourth-order valence-electron chi connectivity index (χ4n) is 1.50. The normalized spacial score (nSPS) is 19.1. The lowest BCUT2D eigenvalue weighted by Gasteiger charge is -2.38. The Kier molecular flexibility index (Phi) is 2.65. The number of hydrogen-bond acceptors (Lipinski definition) is 4. The van der Waals surface area contributed by atoms with Crippen molar-refractivity contribution in [2.24, 2.45) is 0 Å². The molecule has 0 saturated carbocycles. The van der Waals surface area contributed by atoms with Crippen LogP contribution in [0.4, 0.5) is 5.69 Å². The van der Waals surface area contributed by atoms with E-state index in [1.165, 1.54) is 12.1 Å². The number of nitrogens with one attached hydrogen (secondary N) is 1. The van der Waals surface area contributed by atoms with Crippen molar-refractivity contribution >= 4 is 15.7 Å². The van der Waals surface area contributed by atoms with Crippen LogP contribution >= 0.6 is 0 Å². The second-order valence-electron chi connectivity index (χ2n) is 4.23. The average Bonchev–Trinajstić information content (AvgIpc) is 2.15. The Morgan fingerprint density at radius 1 is 1.31 bits per heavy atom. The fourth-order valence-corrected chi connectivity index (χ4v) is 2.88. The molecule has 1 heterocycles. The molecule has 1 aliphatic heterocycles. The molecule has 0 unspecified atom stereocenters. The minimum absolute atomic E-state index is 0.217. The highest BCUT2D eigenvalue weighted by atomic mass is 32.2. The maximum Gasteiger partial charge on any atom is 0.241 e. The van der Waals surface area contributed by atoms with Crippen LogP contribution in [0.25, 0.3) is 0 Å². The number of benzene rings is 1. The quantitative estimate of drug-likeness (QED) is 0.749. The third kappa shape index (κ3) is 2.18. The van der Waals surface area contributed by atoms with Crippen LogP contribution in [0.1, 0.15) is 6.92 Å². The predicted octanol–water partition coefficient (Wildman–Crippen LogP) is 0.336. The molecule has 88 valence electrons.